The van der Waals surface area contributed by atoms with E-state index >= 15 is 0 Å². The minimum atomic E-state index is -0.894. The lowest BCUT2D eigenvalue weighted by molar-refractivity contribution is -0.132. The number of carbonyl (C=O) groups excluding carboxylic acids is 2. The SMILES string of the molecule is Cc1cc2occ(CC(=O)NC3(C(N)=O)CCCCC3)c2cc1C(C)C. The third-order valence-corrected chi connectivity index (χ3v) is 5.57. The Balaban J connectivity index is 1.83. The largest absolute Gasteiger partial charge is 0.464 e. The molecule has 0 bridgehead atoms. The average molecular weight is 356 g/mol. The number of nitrogens with one attached hydrogen (secondary N) is 1. The molecule has 0 unspecified atom stereocenters. The van der Waals surface area contributed by atoms with Gasteiger partial charge in [-0.3, -0.25) is 9.59 Å². The van der Waals surface area contributed by atoms with Gasteiger partial charge in [0.1, 0.15) is 11.1 Å². The van der Waals surface area contributed by atoms with Crippen LogP contribution in [0.1, 0.15) is 68.6 Å². The molecule has 140 valence electrons. The van der Waals surface area contributed by atoms with Crippen LogP contribution in [0.4, 0.5) is 0 Å². The van der Waals surface area contributed by atoms with Gasteiger partial charge in [0.15, 0.2) is 0 Å². The van der Waals surface area contributed by atoms with Gasteiger partial charge in [-0.25, -0.2) is 0 Å². The van der Waals surface area contributed by atoms with Crippen LogP contribution in [-0.4, -0.2) is 17.4 Å². The fourth-order valence-electron chi connectivity index (χ4n) is 4.08. The molecule has 0 saturated heterocycles. The monoisotopic (exact) mass is 356 g/mol. The van der Waals surface area contributed by atoms with Crippen molar-refractivity contribution < 1.29 is 14.0 Å². The molecule has 0 radical (unpaired) electrons. The van der Waals surface area contributed by atoms with Crippen LogP contribution in [0.5, 0.6) is 0 Å². The van der Waals surface area contributed by atoms with Crippen molar-refractivity contribution in [3.8, 4) is 0 Å². The van der Waals surface area contributed by atoms with E-state index in [-0.39, 0.29) is 12.3 Å². The summed E-state index contributed by atoms with van der Waals surface area (Å²) in [7, 11) is 0. The number of hydrogen-bond acceptors (Lipinski definition) is 3. The molecular formula is C21H28N2O3. The molecule has 3 rings (SSSR count). The number of primary amides is 1. The molecular weight excluding hydrogens is 328 g/mol. The highest BCUT2D eigenvalue weighted by molar-refractivity contribution is 5.93. The molecule has 5 heteroatoms. The lowest BCUT2D eigenvalue weighted by Crippen LogP contribution is -2.58. The van der Waals surface area contributed by atoms with Gasteiger partial charge in [0.05, 0.1) is 12.7 Å². The fraction of sp³-hybridized carbons (Fsp3) is 0.524. The normalized spacial score (nSPS) is 16.8. The zero-order valence-electron chi connectivity index (χ0n) is 15.9. The average Bonchev–Trinajstić information content (AvgIpc) is 2.96. The molecule has 0 spiro atoms. The van der Waals surface area contributed by atoms with Gasteiger partial charge in [-0.05, 0) is 48.9 Å². The molecule has 0 aliphatic heterocycles. The molecule has 1 aliphatic carbocycles. The zero-order valence-corrected chi connectivity index (χ0v) is 15.9. The first kappa shape index (κ1) is 18.5. The van der Waals surface area contributed by atoms with Crippen LogP contribution in [0.3, 0.4) is 0 Å². The highest BCUT2D eigenvalue weighted by atomic mass is 16.3. The van der Waals surface area contributed by atoms with E-state index in [9.17, 15) is 9.59 Å². The van der Waals surface area contributed by atoms with Crippen molar-refractivity contribution >= 4 is 22.8 Å². The number of aryl methyl sites for hydroxylation is 1. The summed E-state index contributed by atoms with van der Waals surface area (Å²) >= 11 is 0. The lowest BCUT2D eigenvalue weighted by atomic mass is 9.81. The standard InChI is InChI=1S/C21H28N2O3/c1-13(2)16-11-17-15(12-26-18(17)9-14(16)3)10-19(24)23-21(20(22)25)7-5-4-6-8-21/h9,11-13H,4-8,10H2,1-3H3,(H2,22,25)(H,23,24). The summed E-state index contributed by atoms with van der Waals surface area (Å²) in [5.74, 6) is -0.211. The molecule has 1 aromatic heterocycles. The smallest absolute Gasteiger partial charge is 0.243 e. The minimum absolute atomic E-state index is 0.180. The Bertz CT molecular complexity index is 829. The van der Waals surface area contributed by atoms with Gasteiger partial charge in [-0.15, -0.1) is 0 Å². The fourth-order valence-corrected chi connectivity index (χ4v) is 4.08. The quantitative estimate of drug-likeness (QED) is 0.856. The first-order chi connectivity index (χ1) is 12.3. The summed E-state index contributed by atoms with van der Waals surface area (Å²) in [6.45, 7) is 6.38. The van der Waals surface area contributed by atoms with Gasteiger partial charge in [-0.1, -0.05) is 33.1 Å². The number of nitrogens with two attached hydrogens (primary N) is 1. The lowest BCUT2D eigenvalue weighted by Gasteiger charge is -2.35. The second-order valence-corrected chi connectivity index (χ2v) is 7.85. The number of rotatable bonds is 5. The van der Waals surface area contributed by atoms with Crippen LogP contribution in [0.15, 0.2) is 22.8 Å². The highest BCUT2D eigenvalue weighted by Crippen LogP contribution is 2.30. The van der Waals surface area contributed by atoms with Crippen LogP contribution in [0.25, 0.3) is 11.0 Å². The van der Waals surface area contributed by atoms with Gasteiger partial charge < -0.3 is 15.5 Å². The second-order valence-electron chi connectivity index (χ2n) is 7.85. The maximum absolute atomic E-state index is 12.7. The van der Waals surface area contributed by atoms with E-state index in [0.29, 0.717) is 18.8 Å². The summed E-state index contributed by atoms with van der Waals surface area (Å²) in [4.78, 5) is 24.6. The minimum Gasteiger partial charge on any atom is -0.464 e. The van der Waals surface area contributed by atoms with Crippen LogP contribution in [0.2, 0.25) is 0 Å². The predicted molar refractivity (Wildman–Crippen MR) is 102 cm³/mol. The number of benzene rings is 1. The second kappa shape index (κ2) is 7.14. The maximum atomic E-state index is 12.7. The Hall–Kier alpha value is -2.30. The molecule has 1 fully saturated rings. The van der Waals surface area contributed by atoms with Crippen molar-refractivity contribution in [1.29, 1.82) is 0 Å². The Morgan fingerprint density at radius 3 is 2.54 bits per heavy atom. The molecule has 3 N–H and O–H groups in total. The van der Waals surface area contributed by atoms with Crippen molar-refractivity contribution in [1.82, 2.24) is 5.32 Å². The predicted octanol–water partition coefficient (Wildman–Crippen LogP) is 3.71. The maximum Gasteiger partial charge on any atom is 0.243 e. The van der Waals surface area contributed by atoms with E-state index in [0.717, 1.165) is 35.8 Å². The molecule has 0 atom stereocenters. The number of hydrogen-bond donors (Lipinski definition) is 2. The Labute approximate surface area is 154 Å². The molecule has 5 nitrogen and oxygen atoms in total. The third-order valence-electron chi connectivity index (χ3n) is 5.57. The van der Waals surface area contributed by atoms with Crippen molar-refractivity contribution in [2.24, 2.45) is 5.73 Å². The Morgan fingerprint density at radius 2 is 1.92 bits per heavy atom. The van der Waals surface area contributed by atoms with Crippen LogP contribution in [0, 0.1) is 6.92 Å². The Kier molecular flexibility index (Phi) is 5.08. The van der Waals surface area contributed by atoms with Crippen LogP contribution in [-0.2, 0) is 16.0 Å². The van der Waals surface area contributed by atoms with Gasteiger partial charge in [0, 0.05) is 10.9 Å². The van der Waals surface area contributed by atoms with Gasteiger partial charge in [-0.2, -0.15) is 0 Å². The molecule has 1 aliphatic rings. The van der Waals surface area contributed by atoms with Gasteiger partial charge >= 0.3 is 0 Å². The van der Waals surface area contributed by atoms with Gasteiger partial charge in [0.2, 0.25) is 11.8 Å². The molecule has 26 heavy (non-hydrogen) atoms. The van der Waals surface area contributed by atoms with Crippen LogP contribution >= 0.6 is 0 Å². The van der Waals surface area contributed by atoms with E-state index in [1.165, 1.54) is 11.1 Å². The first-order valence-corrected chi connectivity index (χ1v) is 9.44. The summed E-state index contributed by atoms with van der Waals surface area (Å²) in [6, 6.07) is 4.14. The number of fused-ring (bicyclic) bond motifs is 1. The van der Waals surface area contributed by atoms with E-state index in [1.54, 1.807) is 6.26 Å². The summed E-state index contributed by atoms with van der Waals surface area (Å²) < 4.78 is 5.66. The first-order valence-electron chi connectivity index (χ1n) is 9.44. The zero-order chi connectivity index (χ0) is 18.9. The molecule has 1 heterocycles. The Morgan fingerprint density at radius 1 is 1.23 bits per heavy atom. The summed E-state index contributed by atoms with van der Waals surface area (Å²) in [6.07, 6.45) is 5.97. The van der Waals surface area contributed by atoms with Crippen molar-refractivity contribution in [2.45, 2.75) is 70.8 Å². The number of furan rings is 1. The van der Waals surface area contributed by atoms with Crippen molar-refractivity contribution in [2.75, 3.05) is 0 Å². The number of amides is 2. The third kappa shape index (κ3) is 3.48. The topological polar surface area (TPSA) is 85.3 Å². The van der Waals surface area contributed by atoms with Crippen LogP contribution < -0.4 is 11.1 Å². The van der Waals surface area contributed by atoms with E-state index < -0.39 is 11.4 Å². The summed E-state index contributed by atoms with van der Waals surface area (Å²) in [5.41, 5.74) is 8.79. The molecule has 2 amide bonds. The summed E-state index contributed by atoms with van der Waals surface area (Å²) in [5, 5.41) is 3.89. The van der Waals surface area contributed by atoms with Crippen molar-refractivity contribution in [3.63, 3.8) is 0 Å². The molecule has 1 aromatic carbocycles. The van der Waals surface area contributed by atoms with Crippen molar-refractivity contribution in [3.05, 3.63) is 35.1 Å². The molecule has 1 saturated carbocycles. The number of carbonyl (C=O) groups is 2. The van der Waals surface area contributed by atoms with E-state index in [4.69, 9.17) is 10.2 Å². The van der Waals surface area contributed by atoms with Gasteiger partial charge in [0.25, 0.3) is 0 Å². The van der Waals surface area contributed by atoms with E-state index in [2.05, 4.69) is 32.2 Å². The van der Waals surface area contributed by atoms with E-state index in [1.807, 2.05) is 6.07 Å². The highest BCUT2D eigenvalue weighted by Gasteiger charge is 2.39. The molecule has 2 aromatic rings.